The summed E-state index contributed by atoms with van der Waals surface area (Å²) in [4.78, 5) is 17.1. The van der Waals surface area contributed by atoms with Gasteiger partial charge in [-0.2, -0.15) is 0 Å². The predicted octanol–water partition coefficient (Wildman–Crippen LogP) is 2.48. The first-order valence-corrected chi connectivity index (χ1v) is 9.58. The number of ether oxygens (including phenoxy) is 2. The second-order valence-corrected chi connectivity index (χ2v) is 6.87. The first-order chi connectivity index (χ1) is 14.7. The lowest BCUT2D eigenvalue weighted by molar-refractivity contribution is -0.121. The van der Waals surface area contributed by atoms with Crippen molar-refractivity contribution in [3.63, 3.8) is 0 Å². The zero-order valence-corrected chi connectivity index (χ0v) is 16.3. The van der Waals surface area contributed by atoms with Gasteiger partial charge in [-0.05, 0) is 19.1 Å². The number of amides is 1. The van der Waals surface area contributed by atoms with E-state index in [4.69, 9.17) is 13.9 Å². The summed E-state index contributed by atoms with van der Waals surface area (Å²) < 4.78 is 18.7. The minimum absolute atomic E-state index is 0.113. The fourth-order valence-electron chi connectivity index (χ4n) is 3.38. The van der Waals surface area contributed by atoms with Crippen molar-refractivity contribution >= 4 is 16.9 Å². The number of nitrogens with one attached hydrogen (secondary N) is 1. The molecule has 3 heterocycles. The third kappa shape index (κ3) is 3.45. The van der Waals surface area contributed by atoms with E-state index in [-0.39, 0.29) is 19.0 Å². The van der Waals surface area contributed by atoms with Gasteiger partial charge < -0.3 is 23.8 Å². The molecule has 152 valence electrons. The molecule has 1 aliphatic rings. The lowest BCUT2D eigenvalue weighted by Crippen LogP contribution is -2.27. The standard InChI is InChI=1S/C21H19N5O4/c1-13-23-15-9-17-18(29-8-7-28-17)10-16(15)26(13)12-19(27)22-11-20-24-25-21(30-20)14-5-3-2-4-6-14/h2-6,9-10H,7-8,11-12H2,1H3,(H,22,27). The average Bonchev–Trinajstić information content (AvgIpc) is 3.36. The van der Waals surface area contributed by atoms with Crippen molar-refractivity contribution in [2.24, 2.45) is 0 Å². The van der Waals surface area contributed by atoms with Crippen LogP contribution in [-0.4, -0.2) is 38.9 Å². The van der Waals surface area contributed by atoms with E-state index in [1.165, 1.54) is 0 Å². The molecule has 0 saturated heterocycles. The van der Waals surface area contributed by atoms with Crippen LogP contribution < -0.4 is 14.8 Å². The fraction of sp³-hybridized carbons (Fsp3) is 0.238. The van der Waals surface area contributed by atoms with Crippen molar-refractivity contribution in [2.75, 3.05) is 13.2 Å². The summed E-state index contributed by atoms with van der Waals surface area (Å²) in [7, 11) is 0. The summed E-state index contributed by atoms with van der Waals surface area (Å²) >= 11 is 0. The van der Waals surface area contributed by atoms with Crippen LogP contribution in [-0.2, 0) is 17.9 Å². The Labute approximate surface area is 171 Å². The number of fused-ring (bicyclic) bond motifs is 2. The molecule has 1 amide bonds. The summed E-state index contributed by atoms with van der Waals surface area (Å²) in [6.45, 7) is 3.14. The molecular weight excluding hydrogens is 386 g/mol. The van der Waals surface area contributed by atoms with Crippen LogP contribution in [0.2, 0.25) is 0 Å². The van der Waals surface area contributed by atoms with Crippen molar-refractivity contribution in [3.05, 3.63) is 54.2 Å². The summed E-state index contributed by atoms with van der Waals surface area (Å²) in [5, 5.41) is 10.8. The molecule has 9 heteroatoms. The minimum Gasteiger partial charge on any atom is -0.486 e. The molecule has 0 radical (unpaired) electrons. The molecule has 5 rings (SSSR count). The van der Waals surface area contributed by atoms with Gasteiger partial charge in [-0.15, -0.1) is 10.2 Å². The average molecular weight is 405 g/mol. The number of rotatable bonds is 5. The number of carbonyl (C=O) groups is 1. The van der Waals surface area contributed by atoms with Gasteiger partial charge in [0.1, 0.15) is 25.6 Å². The molecule has 0 saturated carbocycles. The Hall–Kier alpha value is -3.88. The van der Waals surface area contributed by atoms with Crippen LogP contribution in [0.1, 0.15) is 11.7 Å². The van der Waals surface area contributed by atoms with Gasteiger partial charge in [0, 0.05) is 17.7 Å². The Bertz CT molecular complexity index is 1220. The third-order valence-electron chi connectivity index (χ3n) is 4.83. The number of aryl methyl sites for hydroxylation is 1. The molecule has 0 aliphatic carbocycles. The zero-order chi connectivity index (χ0) is 20.5. The number of hydrogen-bond donors (Lipinski definition) is 1. The summed E-state index contributed by atoms with van der Waals surface area (Å²) in [6.07, 6.45) is 0. The first-order valence-electron chi connectivity index (χ1n) is 9.58. The maximum atomic E-state index is 12.5. The largest absolute Gasteiger partial charge is 0.486 e. The fourth-order valence-corrected chi connectivity index (χ4v) is 3.38. The van der Waals surface area contributed by atoms with Crippen LogP contribution in [0.4, 0.5) is 0 Å². The van der Waals surface area contributed by atoms with E-state index in [1.54, 1.807) is 0 Å². The van der Waals surface area contributed by atoms with Crippen molar-refractivity contribution in [2.45, 2.75) is 20.0 Å². The molecule has 0 spiro atoms. The minimum atomic E-state index is -0.188. The second-order valence-electron chi connectivity index (χ2n) is 6.87. The molecule has 0 unspecified atom stereocenters. The molecule has 9 nitrogen and oxygen atoms in total. The maximum Gasteiger partial charge on any atom is 0.247 e. The molecule has 1 aliphatic heterocycles. The Morgan fingerprint density at radius 2 is 1.87 bits per heavy atom. The van der Waals surface area contributed by atoms with Crippen LogP contribution in [0.5, 0.6) is 11.5 Å². The van der Waals surface area contributed by atoms with Gasteiger partial charge in [-0.3, -0.25) is 4.79 Å². The van der Waals surface area contributed by atoms with Crippen LogP contribution >= 0.6 is 0 Å². The Kier molecular flexibility index (Phi) is 4.55. The van der Waals surface area contributed by atoms with Gasteiger partial charge >= 0.3 is 0 Å². The van der Waals surface area contributed by atoms with E-state index in [1.807, 2.05) is 54.0 Å². The Morgan fingerprint density at radius 3 is 2.67 bits per heavy atom. The molecule has 2 aromatic heterocycles. The number of aromatic nitrogens is 4. The third-order valence-corrected chi connectivity index (χ3v) is 4.83. The van der Waals surface area contributed by atoms with Gasteiger partial charge in [0.2, 0.25) is 17.7 Å². The quantitative estimate of drug-likeness (QED) is 0.544. The van der Waals surface area contributed by atoms with E-state index in [0.717, 1.165) is 22.4 Å². The van der Waals surface area contributed by atoms with Gasteiger partial charge in [-0.1, -0.05) is 18.2 Å². The molecule has 30 heavy (non-hydrogen) atoms. The first kappa shape index (κ1) is 18.2. The van der Waals surface area contributed by atoms with Crippen LogP contribution in [0.3, 0.4) is 0 Å². The molecule has 2 aromatic carbocycles. The van der Waals surface area contributed by atoms with Crippen LogP contribution in [0, 0.1) is 6.92 Å². The zero-order valence-electron chi connectivity index (χ0n) is 16.3. The number of imidazole rings is 1. The van der Waals surface area contributed by atoms with E-state index < -0.39 is 0 Å². The molecule has 0 fully saturated rings. The highest BCUT2D eigenvalue weighted by atomic mass is 16.6. The van der Waals surface area contributed by atoms with Gasteiger partial charge in [0.05, 0.1) is 17.6 Å². The monoisotopic (exact) mass is 405 g/mol. The summed E-state index contributed by atoms with van der Waals surface area (Å²) in [5.74, 6) is 2.64. The molecule has 1 N–H and O–H groups in total. The Balaban J connectivity index is 1.28. The van der Waals surface area contributed by atoms with E-state index in [2.05, 4.69) is 20.5 Å². The SMILES string of the molecule is Cc1nc2cc3c(cc2n1CC(=O)NCc1nnc(-c2ccccc2)o1)OCCO3. The lowest BCUT2D eigenvalue weighted by Gasteiger charge is -2.18. The normalized spacial score (nSPS) is 12.8. The van der Waals surface area contributed by atoms with Crippen LogP contribution in [0.15, 0.2) is 46.9 Å². The van der Waals surface area contributed by atoms with E-state index in [0.29, 0.717) is 36.5 Å². The van der Waals surface area contributed by atoms with Crippen molar-refractivity contribution in [1.82, 2.24) is 25.1 Å². The predicted molar refractivity (Wildman–Crippen MR) is 107 cm³/mol. The number of carbonyl (C=O) groups excluding carboxylic acids is 1. The molecule has 0 bridgehead atoms. The summed E-state index contributed by atoms with van der Waals surface area (Å²) in [5.41, 5.74) is 2.41. The van der Waals surface area contributed by atoms with Crippen molar-refractivity contribution in [1.29, 1.82) is 0 Å². The molecule has 0 atom stereocenters. The van der Waals surface area contributed by atoms with Gasteiger partial charge in [0.15, 0.2) is 11.5 Å². The smallest absolute Gasteiger partial charge is 0.247 e. The summed E-state index contributed by atoms with van der Waals surface area (Å²) in [6, 6.07) is 13.2. The van der Waals surface area contributed by atoms with E-state index >= 15 is 0 Å². The lowest BCUT2D eigenvalue weighted by atomic mass is 10.2. The number of hydrogen-bond acceptors (Lipinski definition) is 7. The second kappa shape index (κ2) is 7.51. The van der Waals surface area contributed by atoms with Gasteiger partial charge in [0.25, 0.3) is 0 Å². The Morgan fingerprint density at radius 1 is 1.10 bits per heavy atom. The molecular formula is C21H19N5O4. The highest BCUT2D eigenvalue weighted by Crippen LogP contribution is 2.34. The van der Waals surface area contributed by atoms with Gasteiger partial charge in [-0.25, -0.2) is 4.98 Å². The number of nitrogens with zero attached hydrogens (tertiary/aromatic N) is 4. The number of benzene rings is 2. The van der Waals surface area contributed by atoms with Crippen LogP contribution in [0.25, 0.3) is 22.5 Å². The highest BCUT2D eigenvalue weighted by Gasteiger charge is 2.18. The molecule has 4 aromatic rings. The highest BCUT2D eigenvalue weighted by molar-refractivity contribution is 5.83. The topological polar surface area (TPSA) is 104 Å². The maximum absolute atomic E-state index is 12.5. The van der Waals surface area contributed by atoms with Crippen molar-refractivity contribution in [3.8, 4) is 23.0 Å². The van der Waals surface area contributed by atoms with E-state index in [9.17, 15) is 4.79 Å². The van der Waals surface area contributed by atoms with Crippen molar-refractivity contribution < 1.29 is 18.7 Å².